The first kappa shape index (κ1) is 10.5. The minimum Gasteiger partial charge on any atom is -0.496 e. The number of aliphatic hydroxyl groups is 1. The molecule has 1 aromatic heterocycles. The average molecular weight is 200 g/mol. The molecule has 0 unspecified atom stereocenters. The molecule has 1 heterocycles. The third-order valence-electron chi connectivity index (χ3n) is 1.89. The van der Waals surface area contributed by atoms with Crippen LogP contribution < -0.4 is 4.74 Å². The molecule has 0 radical (unpaired) electrons. The molecular weight excluding hydrogens is 184 g/mol. The smallest absolute Gasteiger partial charge is 0.132 e. The van der Waals surface area contributed by atoms with Gasteiger partial charge in [-0.1, -0.05) is 0 Å². The van der Waals surface area contributed by atoms with Crippen molar-refractivity contribution in [2.75, 3.05) is 7.11 Å². The van der Waals surface area contributed by atoms with Gasteiger partial charge in [0.15, 0.2) is 0 Å². The van der Waals surface area contributed by atoms with Crippen LogP contribution in [0.1, 0.15) is 25.1 Å². The van der Waals surface area contributed by atoms with Crippen LogP contribution in [0.25, 0.3) is 0 Å². The maximum atomic E-state index is 9.54. The minimum atomic E-state index is -0.588. The van der Waals surface area contributed by atoms with E-state index in [2.05, 4.69) is 0 Å². The molecule has 0 fully saturated rings. The van der Waals surface area contributed by atoms with Gasteiger partial charge in [0.2, 0.25) is 0 Å². The van der Waals surface area contributed by atoms with Crippen LogP contribution in [0.4, 0.5) is 0 Å². The van der Waals surface area contributed by atoms with E-state index in [1.165, 1.54) is 4.88 Å². The van der Waals surface area contributed by atoms with Gasteiger partial charge in [-0.25, -0.2) is 0 Å². The predicted octanol–water partition coefficient (Wildman–Crippen LogP) is 2.46. The second-order valence-electron chi connectivity index (χ2n) is 3.72. The van der Waals surface area contributed by atoms with Crippen molar-refractivity contribution in [1.29, 1.82) is 0 Å². The summed E-state index contributed by atoms with van der Waals surface area (Å²) >= 11 is 1.68. The summed E-state index contributed by atoms with van der Waals surface area (Å²) in [6.45, 7) is 3.65. The highest BCUT2D eigenvalue weighted by molar-refractivity contribution is 7.10. The molecule has 0 saturated heterocycles. The van der Waals surface area contributed by atoms with Crippen molar-refractivity contribution >= 4 is 11.3 Å². The van der Waals surface area contributed by atoms with Crippen LogP contribution in [0.5, 0.6) is 5.75 Å². The molecule has 0 aliphatic carbocycles. The maximum absolute atomic E-state index is 9.54. The summed E-state index contributed by atoms with van der Waals surface area (Å²) in [5.41, 5.74) is -0.588. The van der Waals surface area contributed by atoms with E-state index < -0.39 is 5.60 Å². The van der Waals surface area contributed by atoms with Gasteiger partial charge in [0, 0.05) is 4.88 Å². The van der Waals surface area contributed by atoms with Gasteiger partial charge < -0.3 is 9.84 Å². The van der Waals surface area contributed by atoms with Crippen molar-refractivity contribution in [3.05, 3.63) is 16.3 Å². The van der Waals surface area contributed by atoms with Crippen LogP contribution in [0.15, 0.2) is 11.4 Å². The van der Waals surface area contributed by atoms with Crippen LogP contribution in [-0.2, 0) is 6.42 Å². The molecule has 1 N–H and O–H groups in total. The van der Waals surface area contributed by atoms with E-state index in [0.29, 0.717) is 0 Å². The van der Waals surface area contributed by atoms with Crippen molar-refractivity contribution in [1.82, 2.24) is 0 Å². The van der Waals surface area contributed by atoms with Gasteiger partial charge >= 0.3 is 0 Å². The molecule has 0 saturated carbocycles. The molecule has 0 aromatic carbocycles. The zero-order chi connectivity index (χ0) is 9.90. The largest absolute Gasteiger partial charge is 0.496 e. The Labute approximate surface area is 83.2 Å². The van der Waals surface area contributed by atoms with Crippen LogP contribution in [0.3, 0.4) is 0 Å². The first-order chi connectivity index (χ1) is 6.03. The minimum absolute atomic E-state index is 0.588. The third kappa shape index (κ3) is 3.36. The average Bonchev–Trinajstić information content (AvgIpc) is 2.46. The van der Waals surface area contributed by atoms with E-state index >= 15 is 0 Å². The van der Waals surface area contributed by atoms with Crippen LogP contribution in [0.2, 0.25) is 0 Å². The molecule has 0 spiro atoms. The van der Waals surface area contributed by atoms with Gasteiger partial charge in [-0.15, -0.1) is 11.3 Å². The Morgan fingerprint density at radius 1 is 1.54 bits per heavy atom. The first-order valence-corrected chi connectivity index (χ1v) is 5.23. The highest BCUT2D eigenvalue weighted by atomic mass is 32.1. The monoisotopic (exact) mass is 200 g/mol. The van der Waals surface area contributed by atoms with Crippen molar-refractivity contribution < 1.29 is 9.84 Å². The molecule has 1 aromatic rings. The fourth-order valence-corrected chi connectivity index (χ4v) is 1.96. The Hall–Kier alpha value is -0.540. The summed E-state index contributed by atoms with van der Waals surface area (Å²) in [5, 5.41) is 11.6. The highest BCUT2D eigenvalue weighted by Gasteiger charge is 2.14. The fourth-order valence-electron chi connectivity index (χ4n) is 1.11. The fraction of sp³-hybridized carbons (Fsp3) is 0.600. The van der Waals surface area contributed by atoms with Crippen molar-refractivity contribution in [3.8, 4) is 5.75 Å². The van der Waals surface area contributed by atoms with Crippen LogP contribution in [0, 0.1) is 0 Å². The lowest BCUT2D eigenvalue weighted by atomic mass is 10.0. The van der Waals surface area contributed by atoms with Crippen LogP contribution in [-0.4, -0.2) is 17.8 Å². The number of aryl methyl sites for hydroxylation is 1. The lowest BCUT2D eigenvalue weighted by molar-refractivity contribution is 0.0715. The predicted molar refractivity (Wildman–Crippen MR) is 55.5 cm³/mol. The molecule has 0 aliphatic heterocycles. The highest BCUT2D eigenvalue weighted by Crippen LogP contribution is 2.27. The van der Waals surface area contributed by atoms with Crippen LogP contribution >= 0.6 is 11.3 Å². The second-order valence-corrected chi connectivity index (χ2v) is 4.73. The van der Waals surface area contributed by atoms with Gasteiger partial charge in [-0.2, -0.15) is 0 Å². The van der Waals surface area contributed by atoms with Gasteiger partial charge in [0.1, 0.15) is 5.75 Å². The molecule has 2 nitrogen and oxygen atoms in total. The third-order valence-corrected chi connectivity index (χ3v) is 2.85. The van der Waals surface area contributed by atoms with Gasteiger partial charge in [-0.3, -0.25) is 0 Å². The number of hydrogen-bond acceptors (Lipinski definition) is 3. The maximum Gasteiger partial charge on any atom is 0.132 e. The molecule has 74 valence electrons. The van der Waals surface area contributed by atoms with Crippen molar-refractivity contribution in [3.63, 3.8) is 0 Å². The Kier molecular flexibility index (Phi) is 3.33. The van der Waals surface area contributed by atoms with E-state index in [-0.39, 0.29) is 0 Å². The van der Waals surface area contributed by atoms with Gasteiger partial charge in [-0.05, 0) is 38.1 Å². The van der Waals surface area contributed by atoms with Crippen molar-refractivity contribution in [2.24, 2.45) is 0 Å². The molecule has 0 amide bonds. The van der Waals surface area contributed by atoms with E-state index in [1.54, 1.807) is 18.4 Å². The Balaban J connectivity index is 2.54. The number of methoxy groups -OCH3 is 1. The summed E-state index contributed by atoms with van der Waals surface area (Å²) < 4.78 is 5.18. The number of rotatable bonds is 4. The van der Waals surface area contributed by atoms with E-state index in [4.69, 9.17) is 4.74 Å². The zero-order valence-electron chi connectivity index (χ0n) is 8.33. The number of ether oxygens (including phenoxy) is 1. The molecule has 0 aliphatic rings. The number of hydrogen-bond donors (Lipinski definition) is 1. The SMILES string of the molecule is COc1ccsc1CCC(C)(C)O. The summed E-state index contributed by atoms with van der Waals surface area (Å²) in [6, 6.07) is 1.96. The summed E-state index contributed by atoms with van der Waals surface area (Å²) in [4.78, 5) is 1.21. The Bertz CT molecular complexity index is 260. The van der Waals surface area contributed by atoms with E-state index in [9.17, 15) is 5.11 Å². The number of thiophene rings is 1. The summed E-state index contributed by atoms with van der Waals surface area (Å²) in [7, 11) is 1.68. The summed E-state index contributed by atoms with van der Waals surface area (Å²) in [5.74, 6) is 0.939. The topological polar surface area (TPSA) is 29.5 Å². The second kappa shape index (κ2) is 4.11. The molecule has 0 bridgehead atoms. The molecule has 1 rings (SSSR count). The quantitative estimate of drug-likeness (QED) is 0.809. The molecular formula is C10H16O2S. The standard InChI is InChI=1S/C10H16O2S/c1-10(2,11)6-4-9-8(12-3)5-7-13-9/h5,7,11H,4,6H2,1-3H3. The molecule has 13 heavy (non-hydrogen) atoms. The normalized spacial score (nSPS) is 11.7. The van der Waals surface area contributed by atoms with Gasteiger partial charge in [0.05, 0.1) is 12.7 Å². The Morgan fingerprint density at radius 2 is 2.23 bits per heavy atom. The first-order valence-electron chi connectivity index (χ1n) is 4.35. The Morgan fingerprint density at radius 3 is 2.77 bits per heavy atom. The van der Waals surface area contributed by atoms with E-state index in [0.717, 1.165) is 18.6 Å². The molecule has 0 atom stereocenters. The van der Waals surface area contributed by atoms with E-state index in [1.807, 2.05) is 25.3 Å². The van der Waals surface area contributed by atoms with Gasteiger partial charge in [0.25, 0.3) is 0 Å². The lowest BCUT2D eigenvalue weighted by Gasteiger charge is -2.16. The summed E-state index contributed by atoms with van der Waals surface area (Å²) in [6.07, 6.45) is 1.65. The zero-order valence-corrected chi connectivity index (χ0v) is 9.15. The lowest BCUT2D eigenvalue weighted by Crippen LogP contribution is -2.18. The molecule has 3 heteroatoms. The van der Waals surface area contributed by atoms with Crippen molar-refractivity contribution in [2.45, 2.75) is 32.3 Å².